The Morgan fingerprint density at radius 3 is 2.54 bits per heavy atom. The summed E-state index contributed by atoms with van der Waals surface area (Å²) in [6, 6.07) is 5.44. The lowest BCUT2D eigenvalue weighted by Crippen LogP contribution is -1.99. The van der Waals surface area contributed by atoms with Crippen LogP contribution in [0.2, 0.25) is 0 Å². The molecule has 6 heteroatoms. The Bertz CT molecular complexity index is 359. The lowest BCUT2D eigenvalue weighted by atomic mass is 10.2. The molecule has 0 saturated carbocycles. The number of halogens is 2. The molecule has 0 spiro atoms. The van der Waals surface area contributed by atoms with E-state index in [0.29, 0.717) is 0 Å². The highest BCUT2D eigenvalue weighted by molar-refractivity contribution is 7.67. The summed E-state index contributed by atoms with van der Waals surface area (Å²) in [5.74, 6) is -0.635. The monoisotopic (exact) mass is 223 g/mol. The average Bonchev–Trinajstić information content (AvgIpc) is 2.03. The SMILES string of the molecule is O=[SH](=O)O[C](Cl)c1ccccc1F. The van der Waals surface area contributed by atoms with Gasteiger partial charge in [0.05, 0.1) is 0 Å². The van der Waals surface area contributed by atoms with E-state index < -0.39 is 22.4 Å². The van der Waals surface area contributed by atoms with Gasteiger partial charge in [-0.3, -0.25) is 0 Å². The van der Waals surface area contributed by atoms with Gasteiger partial charge in [0, 0.05) is 5.56 Å². The average molecular weight is 224 g/mol. The van der Waals surface area contributed by atoms with Crippen molar-refractivity contribution in [2.45, 2.75) is 0 Å². The third kappa shape index (κ3) is 2.95. The van der Waals surface area contributed by atoms with Crippen LogP contribution in [0, 0.1) is 11.4 Å². The van der Waals surface area contributed by atoms with Crippen molar-refractivity contribution in [1.82, 2.24) is 0 Å². The Hall–Kier alpha value is -0.650. The fourth-order valence-electron chi connectivity index (χ4n) is 0.735. The first-order chi connectivity index (χ1) is 6.11. The van der Waals surface area contributed by atoms with Gasteiger partial charge in [-0.05, 0) is 6.07 Å². The maximum atomic E-state index is 12.9. The predicted octanol–water partition coefficient (Wildman–Crippen LogP) is 1.45. The second-order valence-electron chi connectivity index (χ2n) is 2.07. The quantitative estimate of drug-likeness (QED) is 0.789. The summed E-state index contributed by atoms with van der Waals surface area (Å²) in [6.07, 6.45) is 0. The van der Waals surface area contributed by atoms with Crippen molar-refractivity contribution in [2.24, 2.45) is 0 Å². The molecule has 0 aliphatic carbocycles. The van der Waals surface area contributed by atoms with E-state index >= 15 is 0 Å². The first-order valence-corrected chi connectivity index (χ1v) is 4.68. The van der Waals surface area contributed by atoms with Gasteiger partial charge in [0.1, 0.15) is 5.82 Å². The Morgan fingerprint density at radius 1 is 1.38 bits per heavy atom. The van der Waals surface area contributed by atoms with Crippen molar-refractivity contribution in [3.8, 4) is 0 Å². The van der Waals surface area contributed by atoms with Crippen LogP contribution in [0.25, 0.3) is 0 Å². The molecule has 0 unspecified atom stereocenters. The number of hydrogen-bond acceptors (Lipinski definition) is 3. The largest absolute Gasteiger partial charge is 0.259 e. The minimum absolute atomic E-state index is 0.0802. The molecular weight excluding hydrogens is 219 g/mol. The van der Waals surface area contributed by atoms with Crippen LogP contribution in [0.1, 0.15) is 5.56 Å². The van der Waals surface area contributed by atoms with Crippen LogP contribution in [0.4, 0.5) is 4.39 Å². The van der Waals surface area contributed by atoms with E-state index in [1.54, 1.807) is 0 Å². The van der Waals surface area contributed by atoms with Crippen molar-refractivity contribution in [1.29, 1.82) is 0 Å². The number of hydrogen-bond donors (Lipinski definition) is 1. The van der Waals surface area contributed by atoms with Crippen LogP contribution < -0.4 is 0 Å². The highest BCUT2D eigenvalue weighted by atomic mass is 35.5. The Morgan fingerprint density at radius 2 is 2.00 bits per heavy atom. The van der Waals surface area contributed by atoms with Crippen molar-refractivity contribution < 1.29 is 17.0 Å². The molecule has 0 amide bonds. The Balaban J connectivity index is 2.88. The van der Waals surface area contributed by atoms with Gasteiger partial charge in [-0.1, -0.05) is 29.8 Å². The summed E-state index contributed by atoms with van der Waals surface area (Å²) < 4.78 is 37.2. The van der Waals surface area contributed by atoms with Crippen LogP contribution in [0.5, 0.6) is 0 Å². The molecule has 0 aliphatic heterocycles. The van der Waals surface area contributed by atoms with Crippen LogP contribution in [0.3, 0.4) is 0 Å². The molecule has 0 heterocycles. The normalized spacial score (nSPS) is 11.1. The summed E-state index contributed by atoms with van der Waals surface area (Å²) in [5, 5.41) is 0. The van der Waals surface area contributed by atoms with Gasteiger partial charge in [0.2, 0.25) is 5.56 Å². The lowest BCUT2D eigenvalue weighted by molar-refractivity contribution is 0.404. The van der Waals surface area contributed by atoms with E-state index in [2.05, 4.69) is 4.18 Å². The third-order valence-electron chi connectivity index (χ3n) is 1.24. The maximum absolute atomic E-state index is 12.9. The molecule has 3 nitrogen and oxygen atoms in total. The zero-order valence-electron chi connectivity index (χ0n) is 6.24. The topological polar surface area (TPSA) is 43.4 Å². The Kier molecular flexibility index (Phi) is 3.65. The molecule has 1 aromatic carbocycles. The smallest absolute Gasteiger partial charge is 0.239 e. The zero-order chi connectivity index (χ0) is 9.84. The third-order valence-corrected chi connectivity index (χ3v) is 1.96. The fraction of sp³-hybridized carbons (Fsp3) is 0. The van der Waals surface area contributed by atoms with E-state index in [-0.39, 0.29) is 5.56 Å². The predicted molar refractivity (Wildman–Crippen MR) is 46.0 cm³/mol. The summed E-state index contributed by atoms with van der Waals surface area (Å²) in [4.78, 5) is 0. The van der Waals surface area contributed by atoms with Crippen molar-refractivity contribution in [3.63, 3.8) is 0 Å². The Labute approximate surface area is 81.2 Å². The van der Waals surface area contributed by atoms with Crippen LogP contribution >= 0.6 is 11.6 Å². The first-order valence-electron chi connectivity index (χ1n) is 3.21. The molecule has 0 fully saturated rings. The first kappa shape index (κ1) is 10.4. The highest BCUT2D eigenvalue weighted by Crippen LogP contribution is 2.22. The van der Waals surface area contributed by atoms with Gasteiger partial charge in [0.15, 0.2) is 0 Å². The van der Waals surface area contributed by atoms with E-state index in [0.717, 1.165) is 6.07 Å². The molecule has 71 valence electrons. The molecule has 1 radical (unpaired) electrons. The molecule has 0 aliphatic rings. The second-order valence-corrected chi connectivity index (χ2v) is 3.04. The molecule has 0 atom stereocenters. The minimum atomic E-state index is -3.11. The number of rotatable bonds is 3. The van der Waals surface area contributed by atoms with Crippen molar-refractivity contribution in [2.75, 3.05) is 0 Å². The van der Waals surface area contributed by atoms with Crippen LogP contribution in [-0.2, 0) is 15.2 Å². The molecule has 13 heavy (non-hydrogen) atoms. The van der Waals surface area contributed by atoms with Gasteiger partial charge in [0.25, 0.3) is 11.0 Å². The lowest BCUT2D eigenvalue weighted by Gasteiger charge is -2.04. The van der Waals surface area contributed by atoms with Gasteiger partial charge in [-0.2, -0.15) is 0 Å². The van der Waals surface area contributed by atoms with E-state index in [1.807, 2.05) is 0 Å². The molecule has 0 saturated heterocycles. The molecule has 0 N–H and O–H groups in total. The highest BCUT2D eigenvalue weighted by Gasteiger charge is 2.15. The minimum Gasteiger partial charge on any atom is -0.239 e. The summed E-state index contributed by atoms with van der Waals surface area (Å²) >= 11 is 5.38. The van der Waals surface area contributed by atoms with Crippen molar-refractivity contribution in [3.05, 3.63) is 41.2 Å². The second kappa shape index (κ2) is 4.55. The van der Waals surface area contributed by atoms with E-state index in [4.69, 9.17) is 11.6 Å². The van der Waals surface area contributed by atoms with Crippen molar-refractivity contribution >= 4 is 22.6 Å². The molecule has 1 aromatic rings. The number of benzene rings is 1. The van der Waals surface area contributed by atoms with Gasteiger partial charge < -0.3 is 0 Å². The molecule has 1 rings (SSSR count). The molecular formula is C7H5ClFO3S. The zero-order valence-corrected chi connectivity index (χ0v) is 7.89. The van der Waals surface area contributed by atoms with E-state index in [1.165, 1.54) is 18.2 Å². The summed E-state index contributed by atoms with van der Waals surface area (Å²) in [6.45, 7) is 0. The van der Waals surface area contributed by atoms with Gasteiger partial charge >= 0.3 is 0 Å². The summed E-state index contributed by atoms with van der Waals surface area (Å²) in [7, 11) is -3.11. The number of thiol groups is 1. The van der Waals surface area contributed by atoms with Crippen LogP contribution in [0.15, 0.2) is 24.3 Å². The standard InChI is InChI=1S/C7H5ClFO3S/c8-7(12-13(10)11)5-3-1-2-4-6(5)9/h1-4,13H. The van der Waals surface area contributed by atoms with Gasteiger partial charge in [-0.15, -0.1) is 0 Å². The fourth-order valence-corrected chi connectivity index (χ4v) is 1.29. The molecule has 0 aromatic heterocycles. The molecule has 0 bridgehead atoms. The maximum Gasteiger partial charge on any atom is 0.259 e. The summed E-state index contributed by atoms with van der Waals surface area (Å²) in [5.41, 5.74) is -0.572. The van der Waals surface area contributed by atoms with Gasteiger partial charge in [-0.25, -0.2) is 17.0 Å². The van der Waals surface area contributed by atoms with E-state index in [9.17, 15) is 12.8 Å². The van der Waals surface area contributed by atoms with Crippen LogP contribution in [-0.4, -0.2) is 8.42 Å².